The molecule has 0 aromatic heterocycles. The highest BCUT2D eigenvalue weighted by Gasteiger charge is 2.49. The molecule has 0 spiro atoms. The quantitative estimate of drug-likeness (QED) is 0.220. The molecule has 0 saturated heterocycles. The van der Waals surface area contributed by atoms with Gasteiger partial charge >= 0.3 is 11.9 Å². The highest BCUT2D eigenvalue weighted by atomic mass is 79.9. The number of benzene rings is 2. The smallest absolute Gasteiger partial charge is 0.416 e. The van der Waals surface area contributed by atoms with Crippen molar-refractivity contribution in [3.05, 3.63) is 78.6 Å². The number of allylic oxidation sites excluding steroid dienone is 4. The Balaban J connectivity index is 1.68. The molecule has 0 N–H and O–H groups in total. The minimum absolute atomic E-state index is 0.00860. The lowest BCUT2D eigenvalue weighted by Gasteiger charge is -2.49. The molecular weight excluding hydrogens is 657 g/mol. The Labute approximate surface area is 267 Å². The Bertz CT molecular complexity index is 1640. The molecule has 0 fully saturated rings. The van der Waals surface area contributed by atoms with Gasteiger partial charge in [-0.15, -0.1) is 0 Å². The summed E-state index contributed by atoms with van der Waals surface area (Å²) in [5, 5.41) is 11.7. The first-order valence-corrected chi connectivity index (χ1v) is 15.4. The van der Waals surface area contributed by atoms with Crippen LogP contribution in [0.1, 0.15) is 77.3 Å². The molecule has 12 heteroatoms. The number of hydrogen-bond donors (Lipinski definition) is 0. The summed E-state index contributed by atoms with van der Waals surface area (Å²) < 4.78 is 51.5. The van der Waals surface area contributed by atoms with E-state index in [1.807, 2.05) is 6.92 Å². The maximum atomic E-state index is 13.9. The standard InChI is InChI=1S/C33H34BrF3N2O6/c1-7-38-21-13-31(2,3)15-23(40)28(21)27(29-22(38)14-32(4,5)16-24(29)41)17-10-19(34)30(26(11-17)44-6)45-25-9-8-18(33(35,36)37)12-20(25)39(42)43/h8-12,27H,7,13-16H2,1-6H3. The van der Waals surface area contributed by atoms with E-state index >= 15 is 0 Å². The van der Waals surface area contributed by atoms with Crippen LogP contribution in [0.15, 0.2) is 57.3 Å². The van der Waals surface area contributed by atoms with Crippen molar-refractivity contribution in [2.75, 3.05) is 13.7 Å². The first-order valence-electron chi connectivity index (χ1n) is 14.6. The molecule has 2 aromatic rings. The maximum Gasteiger partial charge on any atom is 0.416 e. The van der Waals surface area contributed by atoms with Gasteiger partial charge in [0, 0.05) is 53.9 Å². The number of alkyl halides is 3. The van der Waals surface area contributed by atoms with E-state index in [2.05, 4.69) is 48.5 Å². The molecule has 0 bridgehead atoms. The van der Waals surface area contributed by atoms with Crippen LogP contribution in [0, 0.1) is 20.9 Å². The summed E-state index contributed by atoms with van der Waals surface area (Å²) in [6.07, 6.45) is -2.84. The average Bonchev–Trinajstić information content (AvgIpc) is 2.91. The first-order chi connectivity index (χ1) is 20.9. The van der Waals surface area contributed by atoms with Gasteiger partial charge in [0.15, 0.2) is 23.1 Å². The SMILES string of the molecule is CCN1C2=C(C(=O)CC(C)(C)C2)C(c2cc(Br)c(Oc3ccc(C(F)(F)F)cc3[N+](=O)[O-])c(OC)c2)C2=C1CC(C)(C)CC2=O. The molecule has 240 valence electrons. The Morgan fingerprint density at radius 1 is 0.956 bits per heavy atom. The number of carbonyl (C=O) groups excluding carboxylic acids is 2. The van der Waals surface area contributed by atoms with Gasteiger partial charge in [-0.2, -0.15) is 13.2 Å². The third-order valence-electron chi connectivity index (χ3n) is 8.62. The molecule has 0 unspecified atom stereocenters. The predicted molar refractivity (Wildman–Crippen MR) is 164 cm³/mol. The van der Waals surface area contributed by atoms with Gasteiger partial charge in [0.25, 0.3) is 0 Å². The second kappa shape index (κ2) is 11.3. The van der Waals surface area contributed by atoms with Gasteiger partial charge in [-0.1, -0.05) is 27.7 Å². The molecule has 2 aromatic carbocycles. The minimum atomic E-state index is -4.78. The zero-order valence-corrected chi connectivity index (χ0v) is 27.4. The van der Waals surface area contributed by atoms with Gasteiger partial charge in [-0.25, -0.2) is 0 Å². The van der Waals surface area contributed by atoms with E-state index in [0.717, 1.165) is 17.5 Å². The largest absolute Gasteiger partial charge is 0.493 e. The number of halogens is 4. The lowest BCUT2D eigenvalue weighted by Crippen LogP contribution is -2.44. The number of ketones is 2. The molecule has 8 nitrogen and oxygen atoms in total. The summed E-state index contributed by atoms with van der Waals surface area (Å²) in [7, 11) is 1.36. The molecular formula is C33H34BrF3N2O6. The number of methoxy groups -OCH3 is 1. The van der Waals surface area contributed by atoms with Crippen LogP contribution in [0.25, 0.3) is 0 Å². The summed E-state index contributed by atoms with van der Waals surface area (Å²) >= 11 is 3.47. The molecule has 0 amide bonds. The molecule has 5 rings (SSSR count). The highest BCUT2D eigenvalue weighted by Crippen LogP contribution is 2.55. The first kappa shape index (κ1) is 32.7. The fourth-order valence-corrected chi connectivity index (χ4v) is 7.34. The molecule has 2 aliphatic carbocycles. The zero-order chi connectivity index (χ0) is 33.2. The van der Waals surface area contributed by atoms with Crippen molar-refractivity contribution >= 4 is 33.2 Å². The number of nitrogens with zero attached hydrogens (tertiary/aromatic N) is 2. The fourth-order valence-electron chi connectivity index (χ4n) is 6.80. The number of nitro groups is 1. The number of rotatable bonds is 6. The van der Waals surface area contributed by atoms with Crippen LogP contribution in [0.5, 0.6) is 17.2 Å². The Morgan fingerprint density at radius 2 is 1.51 bits per heavy atom. The lowest BCUT2D eigenvalue weighted by atomic mass is 9.63. The van der Waals surface area contributed by atoms with Crippen molar-refractivity contribution in [1.29, 1.82) is 0 Å². The van der Waals surface area contributed by atoms with Crippen molar-refractivity contribution in [2.45, 2.75) is 72.4 Å². The van der Waals surface area contributed by atoms with Crippen molar-refractivity contribution < 1.29 is 37.2 Å². The second-order valence-electron chi connectivity index (χ2n) is 13.4. The third-order valence-corrected chi connectivity index (χ3v) is 9.21. The van der Waals surface area contributed by atoms with Crippen LogP contribution in [0.2, 0.25) is 0 Å². The van der Waals surface area contributed by atoms with E-state index in [4.69, 9.17) is 9.47 Å². The Kier molecular flexibility index (Phi) is 8.21. The van der Waals surface area contributed by atoms with Crippen LogP contribution < -0.4 is 9.47 Å². The average molecular weight is 692 g/mol. The van der Waals surface area contributed by atoms with Gasteiger partial charge < -0.3 is 14.4 Å². The normalized spacial score (nSPS) is 19.8. The number of hydrogen-bond acceptors (Lipinski definition) is 7. The van der Waals surface area contributed by atoms with E-state index in [0.29, 0.717) is 61.1 Å². The Morgan fingerprint density at radius 3 is 1.98 bits per heavy atom. The molecule has 0 saturated carbocycles. The van der Waals surface area contributed by atoms with Crippen LogP contribution >= 0.6 is 15.9 Å². The highest BCUT2D eigenvalue weighted by molar-refractivity contribution is 9.10. The molecule has 3 aliphatic rings. The van der Waals surface area contributed by atoms with Gasteiger partial charge in [0.05, 0.1) is 22.1 Å². The number of nitro benzene ring substituents is 1. The molecule has 0 atom stereocenters. The van der Waals surface area contributed by atoms with E-state index < -0.39 is 34.0 Å². The van der Waals surface area contributed by atoms with Gasteiger partial charge in [-0.05, 0) is 76.4 Å². The van der Waals surface area contributed by atoms with Crippen molar-refractivity contribution in [1.82, 2.24) is 4.90 Å². The number of ether oxygens (including phenoxy) is 2. The summed E-state index contributed by atoms with van der Waals surface area (Å²) in [5.41, 5.74) is 0.949. The van der Waals surface area contributed by atoms with E-state index in [-0.39, 0.29) is 38.4 Å². The summed E-state index contributed by atoms with van der Waals surface area (Å²) in [4.78, 5) is 40.7. The fraction of sp³-hybridized carbons (Fsp3) is 0.455. The van der Waals surface area contributed by atoms with Gasteiger partial charge in [0.2, 0.25) is 5.75 Å². The van der Waals surface area contributed by atoms with Crippen molar-refractivity contribution in [3.63, 3.8) is 0 Å². The van der Waals surface area contributed by atoms with Crippen LogP contribution in [-0.2, 0) is 15.8 Å². The van der Waals surface area contributed by atoms with Gasteiger partial charge in [-0.3, -0.25) is 19.7 Å². The van der Waals surface area contributed by atoms with Crippen LogP contribution in [0.4, 0.5) is 18.9 Å². The summed E-state index contributed by atoms with van der Waals surface area (Å²) in [6.45, 7) is 10.9. The minimum Gasteiger partial charge on any atom is -0.493 e. The summed E-state index contributed by atoms with van der Waals surface area (Å²) in [6, 6.07) is 5.31. The molecule has 1 aliphatic heterocycles. The second-order valence-corrected chi connectivity index (χ2v) is 14.2. The number of carbonyl (C=O) groups is 2. The molecule has 0 radical (unpaired) electrons. The van der Waals surface area contributed by atoms with E-state index in [1.54, 1.807) is 12.1 Å². The monoisotopic (exact) mass is 690 g/mol. The zero-order valence-electron chi connectivity index (χ0n) is 25.9. The van der Waals surface area contributed by atoms with Gasteiger partial charge in [0.1, 0.15) is 0 Å². The predicted octanol–water partition coefficient (Wildman–Crippen LogP) is 8.88. The van der Waals surface area contributed by atoms with E-state index in [1.165, 1.54) is 7.11 Å². The maximum absolute atomic E-state index is 13.9. The van der Waals surface area contributed by atoms with Crippen molar-refractivity contribution in [2.24, 2.45) is 10.8 Å². The van der Waals surface area contributed by atoms with Crippen LogP contribution in [0.3, 0.4) is 0 Å². The Hall–Kier alpha value is -3.67. The topological polar surface area (TPSA) is 99.0 Å². The number of Topliss-reactive ketones (excluding diaryl/α,β-unsaturated/α-hetero) is 2. The third kappa shape index (κ3) is 6.01. The van der Waals surface area contributed by atoms with Crippen LogP contribution in [-0.4, -0.2) is 35.0 Å². The lowest BCUT2D eigenvalue weighted by molar-refractivity contribution is -0.385. The summed E-state index contributed by atoms with van der Waals surface area (Å²) in [5.74, 6) is -1.06. The molecule has 1 heterocycles. The van der Waals surface area contributed by atoms with E-state index in [9.17, 15) is 32.9 Å². The molecule has 45 heavy (non-hydrogen) atoms. The van der Waals surface area contributed by atoms with Crippen molar-refractivity contribution in [3.8, 4) is 17.2 Å².